The van der Waals surface area contributed by atoms with E-state index in [1.165, 1.54) is 28.4 Å². The van der Waals surface area contributed by atoms with Crippen molar-refractivity contribution in [2.45, 2.75) is 4.90 Å². The number of hydrogen-bond acceptors (Lipinski definition) is 4. The molecule has 1 N–H and O–H groups in total. The average Bonchev–Trinajstić information content (AvgIpc) is 3.06. The van der Waals surface area contributed by atoms with E-state index >= 15 is 0 Å². The number of aromatic nitrogens is 1. The second-order valence-electron chi connectivity index (χ2n) is 6.29. The van der Waals surface area contributed by atoms with Gasteiger partial charge < -0.3 is 10.2 Å². The molecule has 2 heterocycles. The molecule has 0 amide bonds. The van der Waals surface area contributed by atoms with Crippen molar-refractivity contribution in [2.24, 2.45) is 0 Å². The number of rotatable bonds is 3. The van der Waals surface area contributed by atoms with Gasteiger partial charge in [-0.2, -0.15) is 0 Å². The third-order valence-corrected chi connectivity index (χ3v) is 6.99. The van der Waals surface area contributed by atoms with Gasteiger partial charge in [0.15, 0.2) is 0 Å². The number of nitrogens with zero attached hydrogens (tertiary/aromatic N) is 2. The molecule has 0 aliphatic carbocycles. The molecule has 5 nitrogen and oxygen atoms in total. The lowest BCUT2D eigenvalue weighted by Crippen LogP contribution is -2.43. The Labute approximate surface area is 172 Å². The zero-order chi connectivity index (χ0) is 19.2. The fourth-order valence-electron chi connectivity index (χ4n) is 3.36. The number of hydrogen-bond donors (Lipinski definition) is 1. The molecule has 1 aromatic heterocycles. The zero-order valence-corrected chi connectivity index (χ0v) is 17.2. The van der Waals surface area contributed by atoms with Crippen LogP contribution >= 0.6 is 34.8 Å². The Bertz CT molecular complexity index is 1100. The minimum atomic E-state index is -3.85. The highest BCUT2D eigenvalue weighted by Crippen LogP contribution is 2.36. The van der Waals surface area contributed by atoms with E-state index in [0.29, 0.717) is 10.5 Å². The molecule has 0 radical (unpaired) electrons. The van der Waals surface area contributed by atoms with E-state index in [1.54, 1.807) is 18.2 Å². The van der Waals surface area contributed by atoms with E-state index in [4.69, 9.17) is 34.8 Å². The van der Waals surface area contributed by atoms with Gasteiger partial charge in [-0.05, 0) is 36.4 Å². The van der Waals surface area contributed by atoms with Gasteiger partial charge in [0.05, 0.1) is 21.1 Å². The minimum Gasteiger partial charge on any atom is -0.367 e. The first-order valence-electron chi connectivity index (χ1n) is 8.35. The van der Waals surface area contributed by atoms with E-state index < -0.39 is 10.0 Å². The molecule has 0 spiro atoms. The lowest BCUT2D eigenvalue weighted by Gasteiger charge is -2.30. The van der Waals surface area contributed by atoms with Crippen LogP contribution in [0.25, 0.3) is 10.9 Å². The average molecular weight is 445 g/mol. The SMILES string of the molecule is O=S(=O)(c1cc(Cl)cc(Cl)c1)n1ccc2c(N3CCNCC3)c(Cl)ccc21. The molecule has 1 saturated heterocycles. The Balaban J connectivity index is 1.88. The first-order chi connectivity index (χ1) is 12.9. The summed E-state index contributed by atoms with van der Waals surface area (Å²) in [5.74, 6) is 0. The number of piperazine rings is 1. The van der Waals surface area contributed by atoms with E-state index in [0.717, 1.165) is 37.3 Å². The van der Waals surface area contributed by atoms with Gasteiger partial charge >= 0.3 is 0 Å². The van der Waals surface area contributed by atoms with Gasteiger partial charge in [0.1, 0.15) is 0 Å². The lowest BCUT2D eigenvalue weighted by atomic mass is 10.2. The molecule has 0 atom stereocenters. The molecule has 1 aliphatic rings. The van der Waals surface area contributed by atoms with Crippen molar-refractivity contribution in [3.05, 3.63) is 57.7 Å². The molecule has 3 aromatic rings. The van der Waals surface area contributed by atoms with Gasteiger partial charge in [-0.25, -0.2) is 12.4 Å². The molecule has 0 bridgehead atoms. The molecule has 4 rings (SSSR count). The molecule has 0 saturated carbocycles. The highest BCUT2D eigenvalue weighted by Gasteiger charge is 2.23. The van der Waals surface area contributed by atoms with Crippen molar-refractivity contribution in [3.63, 3.8) is 0 Å². The fourth-order valence-corrected chi connectivity index (χ4v) is 5.72. The Hall–Kier alpha value is -1.44. The van der Waals surface area contributed by atoms with Crippen molar-refractivity contribution in [3.8, 4) is 0 Å². The van der Waals surface area contributed by atoms with Crippen LogP contribution in [0, 0.1) is 0 Å². The van der Waals surface area contributed by atoms with Crippen LogP contribution in [0.3, 0.4) is 0 Å². The lowest BCUT2D eigenvalue weighted by molar-refractivity contribution is 0.588. The monoisotopic (exact) mass is 443 g/mol. The molecule has 0 unspecified atom stereocenters. The van der Waals surface area contributed by atoms with Gasteiger partial charge in [-0.1, -0.05) is 34.8 Å². The molecule has 1 aliphatic heterocycles. The molecule has 27 heavy (non-hydrogen) atoms. The minimum absolute atomic E-state index is 0.0381. The Kier molecular flexibility index (Phi) is 5.03. The summed E-state index contributed by atoms with van der Waals surface area (Å²) in [5, 5.41) is 5.23. The van der Waals surface area contributed by atoms with Crippen LogP contribution in [0.5, 0.6) is 0 Å². The molecule has 1 fully saturated rings. The number of benzene rings is 2. The predicted octanol–water partition coefficient (Wildman–Crippen LogP) is 4.25. The van der Waals surface area contributed by atoms with Gasteiger partial charge in [0.25, 0.3) is 10.0 Å². The van der Waals surface area contributed by atoms with E-state index in [-0.39, 0.29) is 14.9 Å². The molecule has 9 heteroatoms. The predicted molar refractivity (Wildman–Crippen MR) is 111 cm³/mol. The van der Waals surface area contributed by atoms with Crippen molar-refractivity contribution < 1.29 is 8.42 Å². The number of anilines is 1. The van der Waals surface area contributed by atoms with Crippen LogP contribution in [0.15, 0.2) is 47.5 Å². The zero-order valence-electron chi connectivity index (χ0n) is 14.1. The molecule has 2 aromatic carbocycles. The largest absolute Gasteiger partial charge is 0.367 e. The first-order valence-corrected chi connectivity index (χ1v) is 10.9. The Morgan fingerprint density at radius 2 is 1.59 bits per heavy atom. The van der Waals surface area contributed by atoms with Gasteiger partial charge in [-0.3, -0.25) is 0 Å². The van der Waals surface area contributed by atoms with E-state index in [1.807, 2.05) is 0 Å². The van der Waals surface area contributed by atoms with Crippen LogP contribution in [0.4, 0.5) is 5.69 Å². The van der Waals surface area contributed by atoms with Crippen molar-refractivity contribution in [1.29, 1.82) is 0 Å². The first kappa shape index (κ1) is 18.9. The van der Waals surface area contributed by atoms with Crippen molar-refractivity contribution in [1.82, 2.24) is 9.29 Å². The maximum absolute atomic E-state index is 13.2. The third kappa shape index (κ3) is 3.41. The maximum Gasteiger partial charge on any atom is 0.268 e. The molecular formula is C18H16Cl3N3O2S. The summed E-state index contributed by atoms with van der Waals surface area (Å²) in [7, 11) is -3.85. The van der Waals surface area contributed by atoms with Gasteiger partial charge in [0.2, 0.25) is 0 Å². The van der Waals surface area contributed by atoms with Crippen molar-refractivity contribution >= 4 is 61.4 Å². The second-order valence-corrected chi connectivity index (χ2v) is 9.38. The molecular weight excluding hydrogens is 429 g/mol. The summed E-state index contributed by atoms with van der Waals surface area (Å²) >= 11 is 18.5. The number of fused-ring (bicyclic) bond motifs is 1. The summed E-state index contributed by atoms with van der Waals surface area (Å²) < 4.78 is 27.6. The van der Waals surface area contributed by atoms with Gasteiger partial charge in [-0.15, -0.1) is 0 Å². The van der Waals surface area contributed by atoms with Crippen molar-refractivity contribution in [2.75, 3.05) is 31.1 Å². The molecule has 142 valence electrons. The highest BCUT2D eigenvalue weighted by atomic mass is 35.5. The van der Waals surface area contributed by atoms with Crippen LogP contribution in [-0.4, -0.2) is 38.6 Å². The van der Waals surface area contributed by atoms with Crippen LogP contribution in [0.1, 0.15) is 0 Å². The normalized spacial score (nSPS) is 15.4. The summed E-state index contributed by atoms with van der Waals surface area (Å²) in [6.45, 7) is 3.32. The summed E-state index contributed by atoms with van der Waals surface area (Å²) in [5.41, 5.74) is 1.41. The van der Waals surface area contributed by atoms with Crippen LogP contribution < -0.4 is 10.2 Å². The summed E-state index contributed by atoms with van der Waals surface area (Å²) in [6.07, 6.45) is 1.54. The van der Waals surface area contributed by atoms with E-state index in [9.17, 15) is 8.42 Å². The van der Waals surface area contributed by atoms with Crippen LogP contribution in [-0.2, 0) is 10.0 Å². The van der Waals surface area contributed by atoms with E-state index in [2.05, 4.69) is 10.2 Å². The number of halogens is 3. The topological polar surface area (TPSA) is 54.3 Å². The maximum atomic E-state index is 13.2. The standard InChI is InChI=1S/C18H16Cl3N3O2S/c19-12-9-13(20)11-14(10-12)27(25,26)24-6-3-15-17(24)2-1-16(21)18(15)23-7-4-22-5-8-23/h1-3,6,9-11,22H,4-5,7-8H2. The second kappa shape index (κ2) is 7.18. The fraction of sp³-hybridized carbons (Fsp3) is 0.222. The highest BCUT2D eigenvalue weighted by molar-refractivity contribution is 7.90. The third-order valence-electron chi connectivity index (χ3n) is 4.58. The number of nitrogens with one attached hydrogen (secondary N) is 1. The van der Waals surface area contributed by atoms with Crippen LogP contribution in [0.2, 0.25) is 15.1 Å². The quantitative estimate of drug-likeness (QED) is 0.656. The summed E-state index contributed by atoms with van der Waals surface area (Å²) in [4.78, 5) is 2.21. The summed E-state index contributed by atoms with van der Waals surface area (Å²) in [6, 6.07) is 9.51. The Morgan fingerprint density at radius 3 is 2.26 bits per heavy atom. The smallest absolute Gasteiger partial charge is 0.268 e. The van der Waals surface area contributed by atoms with Gasteiger partial charge in [0, 0.05) is 47.8 Å². The Morgan fingerprint density at radius 1 is 0.926 bits per heavy atom.